The summed E-state index contributed by atoms with van der Waals surface area (Å²) in [5.41, 5.74) is 0.841. The molecule has 1 rings (SSSR count). The molecule has 0 fully saturated rings. The molecule has 0 radical (unpaired) electrons. The van der Waals surface area contributed by atoms with E-state index in [4.69, 9.17) is 9.47 Å². The molecule has 0 heterocycles. The lowest BCUT2D eigenvalue weighted by Crippen LogP contribution is -2.26. The summed E-state index contributed by atoms with van der Waals surface area (Å²) in [5.74, 6) is 0.206. The van der Waals surface area contributed by atoms with Gasteiger partial charge in [-0.15, -0.1) is 0 Å². The summed E-state index contributed by atoms with van der Waals surface area (Å²) >= 11 is 0. The van der Waals surface area contributed by atoms with Crippen molar-refractivity contribution in [2.75, 3.05) is 6.61 Å². The molecule has 1 aromatic carbocycles. The second kappa shape index (κ2) is 7.01. The van der Waals surface area contributed by atoms with E-state index in [1.807, 2.05) is 6.92 Å². The third-order valence-electron chi connectivity index (χ3n) is 2.58. The molecule has 0 saturated heterocycles. The smallest absolute Gasteiger partial charge is 0.347 e. The Morgan fingerprint density at radius 2 is 1.89 bits per heavy atom. The number of carbonyl (C=O) groups is 1. The van der Waals surface area contributed by atoms with E-state index in [1.54, 1.807) is 38.1 Å². The molecule has 0 aliphatic rings. The fraction of sp³-hybridized carbons (Fsp3) is 0.500. The standard InChI is InChI=1S/C14H20O4/c1-4-13(15)11-6-8-12(9-7-11)18-10(3)14(16)17-5-2/h6-10,13,15H,4-5H2,1-3H3. The normalized spacial score (nSPS) is 13.8. The molecule has 4 heteroatoms. The predicted molar refractivity (Wildman–Crippen MR) is 68.4 cm³/mol. The average Bonchev–Trinajstić information content (AvgIpc) is 2.39. The largest absolute Gasteiger partial charge is 0.479 e. The number of aliphatic hydroxyl groups excluding tert-OH is 1. The van der Waals surface area contributed by atoms with Gasteiger partial charge < -0.3 is 14.6 Å². The maximum absolute atomic E-state index is 11.4. The lowest BCUT2D eigenvalue weighted by molar-refractivity contribution is -0.150. The van der Waals surface area contributed by atoms with Gasteiger partial charge in [0.2, 0.25) is 0 Å². The molecule has 0 bridgehead atoms. The van der Waals surface area contributed by atoms with Crippen LogP contribution in [0.4, 0.5) is 0 Å². The first kappa shape index (κ1) is 14.5. The monoisotopic (exact) mass is 252 g/mol. The van der Waals surface area contributed by atoms with Crippen LogP contribution in [0.3, 0.4) is 0 Å². The SMILES string of the molecule is CCOC(=O)C(C)Oc1ccc(C(O)CC)cc1. The molecular weight excluding hydrogens is 232 g/mol. The minimum absolute atomic E-state index is 0.341. The van der Waals surface area contributed by atoms with Gasteiger partial charge in [0.1, 0.15) is 5.75 Å². The number of carbonyl (C=O) groups excluding carboxylic acids is 1. The van der Waals surface area contributed by atoms with Gasteiger partial charge in [0.15, 0.2) is 6.10 Å². The second-order valence-electron chi connectivity index (χ2n) is 4.01. The maximum Gasteiger partial charge on any atom is 0.347 e. The molecule has 0 aliphatic heterocycles. The molecule has 2 unspecified atom stereocenters. The maximum atomic E-state index is 11.4. The first-order valence-corrected chi connectivity index (χ1v) is 6.19. The molecule has 0 spiro atoms. The van der Waals surface area contributed by atoms with Crippen molar-refractivity contribution in [2.45, 2.75) is 39.4 Å². The highest BCUT2D eigenvalue weighted by atomic mass is 16.6. The van der Waals surface area contributed by atoms with E-state index < -0.39 is 12.2 Å². The quantitative estimate of drug-likeness (QED) is 0.790. The van der Waals surface area contributed by atoms with Crippen molar-refractivity contribution >= 4 is 5.97 Å². The Morgan fingerprint density at radius 3 is 2.39 bits per heavy atom. The van der Waals surface area contributed by atoms with E-state index in [0.717, 1.165) is 5.56 Å². The van der Waals surface area contributed by atoms with Crippen LogP contribution < -0.4 is 4.74 Å². The van der Waals surface area contributed by atoms with Crippen molar-refractivity contribution in [1.29, 1.82) is 0 Å². The Kier molecular flexibility index (Phi) is 5.65. The average molecular weight is 252 g/mol. The van der Waals surface area contributed by atoms with E-state index in [1.165, 1.54) is 0 Å². The highest BCUT2D eigenvalue weighted by Crippen LogP contribution is 2.20. The van der Waals surface area contributed by atoms with Crippen LogP contribution in [0.15, 0.2) is 24.3 Å². The zero-order valence-electron chi connectivity index (χ0n) is 11.1. The number of ether oxygens (including phenoxy) is 2. The third-order valence-corrected chi connectivity index (χ3v) is 2.58. The van der Waals surface area contributed by atoms with Gasteiger partial charge in [0.05, 0.1) is 12.7 Å². The van der Waals surface area contributed by atoms with Crippen molar-refractivity contribution < 1.29 is 19.4 Å². The number of aliphatic hydroxyl groups is 1. The first-order chi connectivity index (χ1) is 8.58. The second-order valence-corrected chi connectivity index (χ2v) is 4.01. The lowest BCUT2D eigenvalue weighted by atomic mass is 10.1. The first-order valence-electron chi connectivity index (χ1n) is 6.19. The minimum atomic E-state index is -0.633. The van der Waals surface area contributed by atoms with Crippen LogP contribution in [-0.2, 0) is 9.53 Å². The highest BCUT2D eigenvalue weighted by molar-refractivity contribution is 5.74. The molecule has 0 aliphatic carbocycles. The van der Waals surface area contributed by atoms with Crippen LogP contribution in [0, 0.1) is 0 Å². The van der Waals surface area contributed by atoms with Crippen molar-refractivity contribution in [3.05, 3.63) is 29.8 Å². The van der Waals surface area contributed by atoms with Crippen molar-refractivity contribution in [3.8, 4) is 5.75 Å². The van der Waals surface area contributed by atoms with E-state index in [9.17, 15) is 9.90 Å². The summed E-state index contributed by atoms with van der Waals surface area (Å²) in [6.45, 7) is 5.66. The van der Waals surface area contributed by atoms with E-state index in [2.05, 4.69) is 0 Å². The fourth-order valence-electron chi connectivity index (χ4n) is 1.52. The Bertz CT molecular complexity index is 372. The fourth-order valence-corrected chi connectivity index (χ4v) is 1.52. The van der Waals surface area contributed by atoms with Crippen LogP contribution in [0.1, 0.15) is 38.9 Å². The van der Waals surface area contributed by atoms with Crippen molar-refractivity contribution in [2.24, 2.45) is 0 Å². The highest BCUT2D eigenvalue weighted by Gasteiger charge is 2.15. The molecule has 18 heavy (non-hydrogen) atoms. The van der Waals surface area contributed by atoms with E-state index in [0.29, 0.717) is 18.8 Å². The molecule has 1 N–H and O–H groups in total. The topological polar surface area (TPSA) is 55.8 Å². The molecule has 4 nitrogen and oxygen atoms in total. The van der Waals surface area contributed by atoms with Gasteiger partial charge in [-0.2, -0.15) is 0 Å². The predicted octanol–water partition coefficient (Wildman–Crippen LogP) is 2.46. The van der Waals surface area contributed by atoms with Gasteiger partial charge in [-0.25, -0.2) is 4.79 Å². The van der Waals surface area contributed by atoms with Gasteiger partial charge in [-0.05, 0) is 38.0 Å². The van der Waals surface area contributed by atoms with E-state index in [-0.39, 0.29) is 5.97 Å². The van der Waals surface area contributed by atoms with Gasteiger partial charge in [0.25, 0.3) is 0 Å². The van der Waals surface area contributed by atoms with Crippen LogP contribution in [0.2, 0.25) is 0 Å². The van der Waals surface area contributed by atoms with Crippen molar-refractivity contribution in [1.82, 2.24) is 0 Å². The minimum Gasteiger partial charge on any atom is -0.479 e. The molecule has 0 saturated carbocycles. The third kappa shape index (κ3) is 4.04. The Labute approximate surface area is 108 Å². The van der Waals surface area contributed by atoms with Gasteiger partial charge in [-0.1, -0.05) is 19.1 Å². The van der Waals surface area contributed by atoms with Crippen LogP contribution in [-0.4, -0.2) is 23.8 Å². The summed E-state index contributed by atoms with van der Waals surface area (Å²) in [4.78, 5) is 11.4. The summed E-state index contributed by atoms with van der Waals surface area (Å²) < 4.78 is 10.3. The molecule has 0 aromatic heterocycles. The summed E-state index contributed by atoms with van der Waals surface area (Å²) in [6.07, 6.45) is -0.423. The Hall–Kier alpha value is -1.55. The molecular formula is C14H20O4. The number of hydrogen-bond acceptors (Lipinski definition) is 4. The lowest BCUT2D eigenvalue weighted by Gasteiger charge is -2.14. The van der Waals surface area contributed by atoms with Gasteiger partial charge >= 0.3 is 5.97 Å². The van der Waals surface area contributed by atoms with Crippen LogP contribution >= 0.6 is 0 Å². The van der Waals surface area contributed by atoms with Gasteiger partial charge in [0, 0.05) is 0 Å². The van der Waals surface area contributed by atoms with Gasteiger partial charge in [-0.3, -0.25) is 0 Å². The van der Waals surface area contributed by atoms with Crippen LogP contribution in [0.5, 0.6) is 5.75 Å². The molecule has 100 valence electrons. The Balaban J connectivity index is 2.60. The van der Waals surface area contributed by atoms with Crippen molar-refractivity contribution in [3.63, 3.8) is 0 Å². The number of esters is 1. The number of hydrogen-bond donors (Lipinski definition) is 1. The number of rotatable bonds is 6. The zero-order chi connectivity index (χ0) is 13.5. The van der Waals surface area contributed by atoms with Crippen LogP contribution in [0.25, 0.3) is 0 Å². The Morgan fingerprint density at radius 1 is 1.28 bits per heavy atom. The van der Waals surface area contributed by atoms with E-state index >= 15 is 0 Å². The number of benzene rings is 1. The summed E-state index contributed by atoms with van der Waals surface area (Å²) in [6, 6.07) is 7.07. The molecule has 2 atom stereocenters. The molecule has 1 aromatic rings. The summed E-state index contributed by atoms with van der Waals surface area (Å²) in [7, 11) is 0. The zero-order valence-corrected chi connectivity index (χ0v) is 11.1. The molecule has 0 amide bonds. The summed E-state index contributed by atoms with van der Waals surface area (Å²) in [5, 5.41) is 9.65.